The number of nitrogen functional groups attached to an aromatic ring is 1. The Hall–Kier alpha value is -3.51. The Morgan fingerprint density at radius 3 is 2.42 bits per heavy atom. The standard InChI is InChI=1S/C19H22N4O7S/c1-11-5-7-14(31(28,29)22(3)4)10-16(11)21-18(24)12(2)30-19(25)13-6-8-15(20)17(9-13)23(26)27/h5-10,12H,20H2,1-4H3,(H,21,24)/t12-/m1/s1. The molecule has 12 heteroatoms. The number of hydrogen-bond acceptors (Lipinski definition) is 8. The van der Waals surface area contributed by atoms with Crippen LogP contribution in [0.3, 0.4) is 0 Å². The van der Waals surface area contributed by atoms with Crippen LogP contribution in [0.4, 0.5) is 17.1 Å². The van der Waals surface area contributed by atoms with E-state index in [1.807, 2.05) is 0 Å². The molecule has 31 heavy (non-hydrogen) atoms. The van der Waals surface area contributed by atoms with Crippen molar-refractivity contribution in [2.24, 2.45) is 0 Å². The lowest BCUT2D eigenvalue weighted by atomic mass is 10.1. The first-order valence-electron chi connectivity index (χ1n) is 8.93. The number of amides is 1. The summed E-state index contributed by atoms with van der Waals surface area (Å²) >= 11 is 0. The molecule has 0 aliphatic carbocycles. The number of esters is 1. The number of nitrogens with two attached hydrogens (primary N) is 1. The average molecular weight is 450 g/mol. The third-order valence-corrected chi connectivity index (χ3v) is 6.17. The molecular weight excluding hydrogens is 428 g/mol. The van der Waals surface area contributed by atoms with Gasteiger partial charge in [0.1, 0.15) is 5.69 Å². The lowest BCUT2D eigenvalue weighted by Crippen LogP contribution is -2.30. The molecule has 2 aromatic rings. The molecule has 0 fully saturated rings. The van der Waals surface area contributed by atoms with Crippen LogP contribution in [0, 0.1) is 17.0 Å². The molecule has 0 saturated heterocycles. The van der Waals surface area contributed by atoms with E-state index in [4.69, 9.17) is 10.5 Å². The van der Waals surface area contributed by atoms with Crippen LogP contribution >= 0.6 is 0 Å². The summed E-state index contributed by atoms with van der Waals surface area (Å²) in [5, 5.41) is 13.5. The van der Waals surface area contributed by atoms with Gasteiger partial charge in [-0.1, -0.05) is 6.07 Å². The largest absolute Gasteiger partial charge is 0.449 e. The van der Waals surface area contributed by atoms with E-state index in [9.17, 15) is 28.1 Å². The van der Waals surface area contributed by atoms with Crippen LogP contribution in [0.1, 0.15) is 22.8 Å². The second-order valence-corrected chi connectivity index (χ2v) is 8.98. The predicted molar refractivity (Wildman–Crippen MR) is 113 cm³/mol. The van der Waals surface area contributed by atoms with Crippen molar-refractivity contribution in [3.63, 3.8) is 0 Å². The lowest BCUT2D eigenvalue weighted by molar-refractivity contribution is -0.383. The minimum absolute atomic E-state index is 0.0165. The summed E-state index contributed by atoms with van der Waals surface area (Å²) in [5.41, 5.74) is 5.61. The Kier molecular flexibility index (Phi) is 6.98. The summed E-state index contributed by atoms with van der Waals surface area (Å²) in [6, 6.07) is 7.66. The zero-order valence-electron chi connectivity index (χ0n) is 17.3. The van der Waals surface area contributed by atoms with E-state index in [0.717, 1.165) is 10.4 Å². The Morgan fingerprint density at radius 2 is 1.84 bits per heavy atom. The van der Waals surface area contributed by atoms with Gasteiger partial charge in [-0.2, -0.15) is 0 Å². The second kappa shape index (κ2) is 9.10. The Balaban J connectivity index is 2.17. The van der Waals surface area contributed by atoms with Gasteiger partial charge in [-0.05, 0) is 43.7 Å². The number of rotatable bonds is 7. The summed E-state index contributed by atoms with van der Waals surface area (Å²) in [6.45, 7) is 2.99. The van der Waals surface area contributed by atoms with Gasteiger partial charge in [0, 0.05) is 25.8 Å². The van der Waals surface area contributed by atoms with E-state index in [1.165, 1.54) is 51.4 Å². The average Bonchev–Trinajstić information content (AvgIpc) is 2.69. The summed E-state index contributed by atoms with van der Waals surface area (Å²) in [5.74, 6) is -1.66. The molecule has 3 N–H and O–H groups in total. The van der Waals surface area contributed by atoms with Gasteiger partial charge in [-0.25, -0.2) is 17.5 Å². The lowest BCUT2D eigenvalue weighted by Gasteiger charge is -2.17. The molecule has 0 radical (unpaired) electrons. The van der Waals surface area contributed by atoms with Crippen LogP contribution in [0.15, 0.2) is 41.3 Å². The van der Waals surface area contributed by atoms with Crippen LogP contribution in [-0.2, 0) is 19.6 Å². The van der Waals surface area contributed by atoms with Crippen molar-refractivity contribution in [2.75, 3.05) is 25.1 Å². The maximum atomic E-state index is 12.5. The summed E-state index contributed by atoms with van der Waals surface area (Å²) in [4.78, 5) is 35.0. The van der Waals surface area contributed by atoms with Gasteiger partial charge in [0.05, 0.1) is 15.4 Å². The molecule has 0 spiro atoms. The first-order chi connectivity index (χ1) is 14.3. The Morgan fingerprint density at radius 1 is 1.19 bits per heavy atom. The quantitative estimate of drug-likeness (QED) is 0.280. The normalized spacial score (nSPS) is 12.3. The van der Waals surface area contributed by atoms with Crippen molar-refractivity contribution >= 4 is 39.0 Å². The molecular formula is C19H22N4O7S. The molecule has 11 nitrogen and oxygen atoms in total. The second-order valence-electron chi connectivity index (χ2n) is 6.83. The third kappa shape index (κ3) is 5.35. The number of aryl methyl sites for hydroxylation is 1. The van der Waals surface area contributed by atoms with Crippen LogP contribution in [0.2, 0.25) is 0 Å². The predicted octanol–water partition coefficient (Wildman–Crippen LogP) is 1.92. The minimum Gasteiger partial charge on any atom is -0.449 e. The number of nitro benzene ring substituents is 1. The van der Waals surface area contributed by atoms with Gasteiger partial charge in [-0.15, -0.1) is 0 Å². The Labute approximate surface area is 179 Å². The van der Waals surface area contributed by atoms with Gasteiger partial charge < -0.3 is 15.8 Å². The summed E-state index contributed by atoms with van der Waals surface area (Å²) in [7, 11) is -0.940. The molecule has 2 rings (SSSR count). The molecule has 0 unspecified atom stereocenters. The van der Waals surface area contributed by atoms with E-state index in [-0.39, 0.29) is 21.8 Å². The molecule has 0 aliphatic heterocycles. The summed E-state index contributed by atoms with van der Waals surface area (Å²) < 4.78 is 30.7. The van der Waals surface area contributed by atoms with Gasteiger partial charge in [0.2, 0.25) is 10.0 Å². The molecule has 0 bridgehead atoms. The van der Waals surface area contributed by atoms with Gasteiger partial charge in [0.15, 0.2) is 6.10 Å². The van der Waals surface area contributed by atoms with Crippen molar-refractivity contribution in [1.82, 2.24) is 4.31 Å². The van der Waals surface area contributed by atoms with Crippen LogP contribution < -0.4 is 11.1 Å². The number of ether oxygens (including phenoxy) is 1. The fourth-order valence-electron chi connectivity index (χ4n) is 2.45. The van der Waals surface area contributed by atoms with Crippen molar-refractivity contribution in [3.8, 4) is 0 Å². The number of nitrogens with one attached hydrogen (secondary N) is 1. The SMILES string of the molecule is Cc1ccc(S(=O)(=O)N(C)C)cc1NC(=O)[C@@H](C)OC(=O)c1ccc(N)c([N+](=O)[O-])c1. The third-order valence-electron chi connectivity index (χ3n) is 4.36. The monoisotopic (exact) mass is 450 g/mol. The van der Waals surface area contributed by atoms with Crippen LogP contribution in [-0.4, -0.2) is 49.7 Å². The fourth-order valence-corrected chi connectivity index (χ4v) is 3.38. The van der Waals surface area contributed by atoms with Crippen LogP contribution in [0.25, 0.3) is 0 Å². The number of benzene rings is 2. The molecule has 0 aliphatic rings. The first-order valence-corrected chi connectivity index (χ1v) is 10.4. The van der Waals surface area contributed by atoms with Crippen molar-refractivity contribution < 1.29 is 27.7 Å². The van der Waals surface area contributed by atoms with Crippen molar-refractivity contribution in [3.05, 3.63) is 57.6 Å². The highest BCUT2D eigenvalue weighted by atomic mass is 32.2. The zero-order chi connectivity index (χ0) is 23.5. The highest BCUT2D eigenvalue weighted by Crippen LogP contribution is 2.24. The maximum Gasteiger partial charge on any atom is 0.339 e. The van der Waals surface area contributed by atoms with E-state index in [0.29, 0.717) is 5.56 Å². The van der Waals surface area contributed by atoms with E-state index in [1.54, 1.807) is 6.92 Å². The van der Waals surface area contributed by atoms with E-state index >= 15 is 0 Å². The topological polar surface area (TPSA) is 162 Å². The molecule has 2 aromatic carbocycles. The van der Waals surface area contributed by atoms with Crippen molar-refractivity contribution in [1.29, 1.82) is 0 Å². The minimum atomic E-state index is -3.71. The van der Waals surface area contributed by atoms with Gasteiger partial charge >= 0.3 is 5.97 Å². The van der Waals surface area contributed by atoms with Crippen molar-refractivity contribution in [2.45, 2.75) is 24.8 Å². The number of nitrogens with zero attached hydrogens (tertiary/aromatic N) is 2. The number of hydrogen-bond donors (Lipinski definition) is 2. The number of carbonyl (C=O) groups excluding carboxylic acids is 2. The van der Waals surface area contributed by atoms with E-state index < -0.39 is 38.6 Å². The summed E-state index contributed by atoms with van der Waals surface area (Å²) in [6.07, 6.45) is -1.27. The highest BCUT2D eigenvalue weighted by Gasteiger charge is 2.23. The van der Waals surface area contributed by atoms with E-state index in [2.05, 4.69) is 5.32 Å². The smallest absolute Gasteiger partial charge is 0.339 e. The molecule has 1 amide bonds. The molecule has 1 atom stereocenters. The fraction of sp³-hybridized carbons (Fsp3) is 0.263. The number of nitro groups is 1. The first kappa shape index (κ1) is 23.8. The molecule has 0 saturated carbocycles. The van der Waals surface area contributed by atoms with Crippen LogP contribution in [0.5, 0.6) is 0 Å². The number of sulfonamides is 1. The Bertz CT molecular complexity index is 1150. The highest BCUT2D eigenvalue weighted by molar-refractivity contribution is 7.89. The van der Waals surface area contributed by atoms with Gasteiger partial charge in [-0.3, -0.25) is 14.9 Å². The van der Waals surface area contributed by atoms with Gasteiger partial charge in [0.25, 0.3) is 11.6 Å². The molecule has 166 valence electrons. The molecule has 0 heterocycles. The number of anilines is 2. The number of carbonyl (C=O) groups is 2. The zero-order valence-corrected chi connectivity index (χ0v) is 18.1. The maximum absolute atomic E-state index is 12.5. The molecule has 0 aromatic heterocycles.